The first-order valence-electron chi connectivity index (χ1n) is 6.68. The maximum Gasteiger partial charge on any atom is 0.341 e. The number of carbonyl (C=O) groups excluding carboxylic acids is 1. The molecule has 1 N–H and O–H groups in total. The largest absolute Gasteiger partial charge is 0.462 e. The Bertz CT molecular complexity index is 448. The maximum absolute atomic E-state index is 11.9. The van der Waals surface area contributed by atoms with E-state index in [0.717, 1.165) is 19.5 Å². The predicted molar refractivity (Wildman–Crippen MR) is 72.2 cm³/mol. The van der Waals surface area contributed by atoms with Crippen LogP contribution in [0.2, 0.25) is 0 Å². The van der Waals surface area contributed by atoms with Crippen LogP contribution in [-0.2, 0) is 4.74 Å². The highest BCUT2D eigenvalue weighted by molar-refractivity contribution is 5.94. The summed E-state index contributed by atoms with van der Waals surface area (Å²) in [5, 5.41) is 9.64. The normalized spacial score (nSPS) is 20.4. The molecule has 1 saturated heterocycles. The molecule has 0 spiro atoms. The van der Waals surface area contributed by atoms with Crippen LogP contribution in [0, 0.1) is 5.92 Å². The van der Waals surface area contributed by atoms with Crippen molar-refractivity contribution in [1.82, 2.24) is 4.98 Å². The van der Waals surface area contributed by atoms with Gasteiger partial charge in [-0.05, 0) is 32.4 Å². The van der Waals surface area contributed by atoms with Gasteiger partial charge in [0.1, 0.15) is 11.4 Å². The van der Waals surface area contributed by atoms with E-state index in [2.05, 4.69) is 4.98 Å². The summed E-state index contributed by atoms with van der Waals surface area (Å²) >= 11 is 0. The second-order valence-electron chi connectivity index (χ2n) is 4.83. The Morgan fingerprint density at radius 2 is 2.47 bits per heavy atom. The topological polar surface area (TPSA) is 62.7 Å². The zero-order chi connectivity index (χ0) is 13.8. The summed E-state index contributed by atoms with van der Waals surface area (Å²) in [6.45, 7) is 5.47. The molecule has 2 heterocycles. The van der Waals surface area contributed by atoms with Crippen LogP contribution in [0.3, 0.4) is 0 Å². The number of hydrogen-bond acceptors (Lipinski definition) is 5. The molecule has 1 aromatic heterocycles. The number of esters is 1. The van der Waals surface area contributed by atoms with Crippen molar-refractivity contribution in [2.75, 3.05) is 24.6 Å². The molecule has 0 radical (unpaired) electrons. The molecular formula is C14H20N2O3. The zero-order valence-corrected chi connectivity index (χ0v) is 11.4. The van der Waals surface area contributed by atoms with E-state index in [4.69, 9.17) is 4.74 Å². The average molecular weight is 264 g/mol. The van der Waals surface area contributed by atoms with Crippen LogP contribution < -0.4 is 4.90 Å². The lowest BCUT2D eigenvalue weighted by Gasteiger charge is -2.20. The molecule has 104 valence electrons. The molecule has 5 nitrogen and oxygen atoms in total. The SMILES string of the molecule is CCOC(=O)c1cccnc1N1CCC(C(C)O)C1. The van der Waals surface area contributed by atoms with Crippen LogP contribution in [0.15, 0.2) is 18.3 Å². The van der Waals surface area contributed by atoms with Crippen molar-refractivity contribution < 1.29 is 14.6 Å². The molecule has 0 saturated carbocycles. The highest BCUT2D eigenvalue weighted by Crippen LogP contribution is 2.27. The fourth-order valence-electron chi connectivity index (χ4n) is 2.39. The lowest BCUT2D eigenvalue weighted by Crippen LogP contribution is -2.26. The van der Waals surface area contributed by atoms with Gasteiger partial charge in [0.05, 0.1) is 12.7 Å². The van der Waals surface area contributed by atoms with Crippen molar-refractivity contribution in [3.05, 3.63) is 23.9 Å². The first-order chi connectivity index (χ1) is 9.13. The molecule has 5 heteroatoms. The fourth-order valence-corrected chi connectivity index (χ4v) is 2.39. The minimum Gasteiger partial charge on any atom is -0.462 e. The van der Waals surface area contributed by atoms with Crippen LogP contribution in [0.4, 0.5) is 5.82 Å². The number of carbonyl (C=O) groups is 1. The number of pyridine rings is 1. The quantitative estimate of drug-likeness (QED) is 0.834. The Hall–Kier alpha value is -1.62. The molecule has 2 rings (SSSR count). The summed E-state index contributed by atoms with van der Waals surface area (Å²) in [4.78, 5) is 18.2. The Balaban J connectivity index is 2.19. The Morgan fingerprint density at radius 1 is 1.68 bits per heavy atom. The van der Waals surface area contributed by atoms with Gasteiger partial charge in [-0.2, -0.15) is 0 Å². The zero-order valence-electron chi connectivity index (χ0n) is 11.4. The van der Waals surface area contributed by atoms with Crippen molar-refractivity contribution in [3.8, 4) is 0 Å². The van der Waals surface area contributed by atoms with Gasteiger partial charge in [0, 0.05) is 25.2 Å². The smallest absolute Gasteiger partial charge is 0.341 e. The molecule has 0 amide bonds. The van der Waals surface area contributed by atoms with Crippen LogP contribution in [0.1, 0.15) is 30.6 Å². The number of hydrogen-bond donors (Lipinski definition) is 1. The predicted octanol–water partition coefficient (Wildman–Crippen LogP) is 1.47. The van der Waals surface area contributed by atoms with E-state index in [-0.39, 0.29) is 18.0 Å². The monoisotopic (exact) mass is 264 g/mol. The van der Waals surface area contributed by atoms with Crippen LogP contribution >= 0.6 is 0 Å². The molecule has 2 atom stereocenters. The number of rotatable bonds is 4. The summed E-state index contributed by atoms with van der Waals surface area (Å²) in [6, 6.07) is 3.47. The average Bonchev–Trinajstić information content (AvgIpc) is 2.88. The number of aromatic nitrogens is 1. The first-order valence-corrected chi connectivity index (χ1v) is 6.68. The molecule has 1 aliphatic heterocycles. The molecule has 2 unspecified atom stereocenters. The van der Waals surface area contributed by atoms with E-state index in [1.807, 2.05) is 4.90 Å². The van der Waals surface area contributed by atoms with Crippen LogP contribution in [-0.4, -0.2) is 41.9 Å². The van der Waals surface area contributed by atoms with Gasteiger partial charge in [-0.3, -0.25) is 0 Å². The molecular weight excluding hydrogens is 244 g/mol. The Morgan fingerprint density at radius 3 is 3.11 bits per heavy atom. The van der Waals surface area contributed by atoms with E-state index in [9.17, 15) is 9.90 Å². The number of aliphatic hydroxyl groups is 1. The third-order valence-corrected chi connectivity index (χ3v) is 3.49. The van der Waals surface area contributed by atoms with Crippen LogP contribution in [0.5, 0.6) is 0 Å². The number of anilines is 1. The number of ether oxygens (including phenoxy) is 1. The molecule has 0 bridgehead atoms. The molecule has 1 aromatic rings. The second kappa shape index (κ2) is 6.02. The summed E-state index contributed by atoms with van der Waals surface area (Å²) in [5.41, 5.74) is 0.496. The number of aliphatic hydroxyl groups excluding tert-OH is 1. The highest BCUT2D eigenvalue weighted by atomic mass is 16.5. The molecule has 0 aliphatic carbocycles. The van der Waals surface area contributed by atoms with Gasteiger partial charge < -0.3 is 14.7 Å². The van der Waals surface area contributed by atoms with Gasteiger partial charge in [-0.25, -0.2) is 9.78 Å². The van der Waals surface area contributed by atoms with E-state index >= 15 is 0 Å². The van der Waals surface area contributed by atoms with Crippen molar-refractivity contribution >= 4 is 11.8 Å². The Labute approximate surface area is 113 Å². The standard InChI is InChI=1S/C14H20N2O3/c1-3-19-14(18)12-5-4-7-15-13(12)16-8-6-11(9-16)10(2)17/h4-5,7,10-11,17H,3,6,8-9H2,1-2H3. The van der Waals surface area contributed by atoms with Gasteiger partial charge in [0.25, 0.3) is 0 Å². The van der Waals surface area contributed by atoms with Crippen LogP contribution in [0.25, 0.3) is 0 Å². The number of nitrogens with zero attached hydrogens (tertiary/aromatic N) is 2. The lowest BCUT2D eigenvalue weighted by atomic mass is 10.0. The molecule has 0 aromatic carbocycles. The fraction of sp³-hybridized carbons (Fsp3) is 0.571. The van der Waals surface area contributed by atoms with Crippen molar-refractivity contribution in [3.63, 3.8) is 0 Å². The van der Waals surface area contributed by atoms with Gasteiger partial charge in [-0.15, -0.1) is 0 Å². The molecule has 1 fully saturated rings. The second-order valence-corrected chi connectivity index (χ2v) is 4.83. The summed E-state index contributed by atoms with van der Waals surface area (Å²) in [7, 11) is 0. The highest BCUT2D eigenvalue weighted by Gasteiger charge is 2.29. The minimum atomic E-state index is -0.342. The lowest BCUT2D eigenvalue weighted by molar-refractivity contribution is 0.0526. The van der Waals surface area contributed by atoms with Crippen molar-refractivity contribution in [2.24, 2.45) is 5.92 Å². The van der Waals surface area contributed by atoms with Gasteiger partial charge in [-0.1, -0.05) is 0 Å². The van der Waals surface area contributed by atoms with E-state index in [0.29, 0.717) is 18.0 Å². The van der Waals surface area contributed by atoms with Crippen molar-refractivity contribution in [1.29, 1.82) is 0 Å². The first kappa shape index (κ1) is 13.8. The third-order valence-electron chi connectivity index (χ3n) is 3.49. The van der Waals surface area contributed by atoms with Gasteiger partial charge in [0.2, 0.25) is 0 Å². The summed E-state index contributed by atoms with van der Waals surface area (Å²) in [6.07, 6.45) is 2.25. The van der Waals surface area contributed by atoms with Crippen molar-refractivity contribution in [2.45, 2.75) is 26.4 Å². The minimum absolute atomic E-state index is 0.233. The summed E-state index contributed by atoms with van der Waals surface area (Å²) in [5.74, 6) is 0.548. The molecule has 1 aliphatic rings. The van der Waals surface area contributed by atoms with Gasteiger partial charge >= 0.3 is 5.97 Å². The maximum atomic E-state index is 11.9. The molecule has 19 heavy (non-hydrogen) atoms. The van der Waals surface area contributed by atoms with E-state index in [1.165, 1.54) is 0 Å². The van der Waals surface area contributed by atoms with Gasteiger partial charge in [0.15, 0.2) is 0 Å². The van der Waals surface area contributed by atoms with E-state index < -0.39 is 0 Å². The van der Waals surface area contributed by atoms with E-state index in [1.54, 1.807) is 32.2 Å². The Kier molecular flexibility index (Phi) is 4.37. The summed E-state index contributed by atoms with van der Waals surface area (Å²) < 4.78 is 5.05. The third kappa shape index (κ3) is 3.04.